The van der Waals surface area contributed by atoms with E-state index in [4.69, 9.17) is 9.15 Å². The smallest absolute Gasteiger partial charge is 0.244 e. The van der Waals surface area contributed by atoms with Gasteiger partial charge in [0.15, 0.2) is 0 Å². The van der Waals surface area contributed by atoms with Crippen molar-refractivity contribution in [3.05, 3.63) is 52.6 Å². The van der Waals surface area contributed by atoms with Gasteiger partial charge in [-0.15, -0.1) is 0 Å². The van der Waals surface area contributed by atoms with Crippen LogP contribution in [0.15, 0.2) is 45.7 Å². The van der Waals surface area contributed by atoms with Crippen molar-refractivity contribution in [2.24, 2.45) is 0 Å². The van der Waals surface area contributed by atoms with E-state index in [1.54, 1.807) is 42.9 Å². The van der Waals surface area contributed by atoms with Crippen molar-refractivity contribution in [2.75, 3.05) is 13.7 Å². The first-order chi connectivity index (χ1) is 9.29. The first kappa shape index (κ1) is 13.6. The molecule has 19 heavy (non-hydrogen) atoms. The van der Waals surface area contributed by atoms with Crippen LogP contribution in [0.5, 0.6) is 0 Å². The van der Waals surface area contributed by atoms with Gasteiger partial charge in [0.05, 0.1) is 6.26 Å². The third-order valence-electron chi connectivity index (χ3n) is 2.60. The molecular formula is C14H15NO3S. The summed E-state index contributed by atoms with van der Waals surface area (Å²) in [5.41, 5.74) is 1.07. The Hall–Kier alpha value is -1.85. The minimum Gasteiger partial charge on any atom is -0.465 e. The van der Waals surface area contributed by atoms with Gasteiger partial charge in [0.25, 0.3) is 0 Å². The average molecular weight is 277 g/mol. The molecule has 0 saturated carbocycles. The minimum absolute atomic E-state index is 0.118. The second-order valence-electron chi connectivity index (χ2n) is 3.87. The van der Waals surface area contributed by atoms with Crippen molar-refractivity contribution in [3.8, 4) is 0 Å². The third-order valence-corrected chi connectivity index (χ3v) is 3.30. The molecule has 0 aliphatic heterocycles. The molecule has 1 amide bonds. The molecular weight excluding hydrogens is 262 g/mol. The van der Waals surface area contributed by atoms with E-state index in [-0.39, 0.29) is 12.0 Å². The fourth-order valence-corrected chi connectivity index (χ4v) is 2.29. The highest BCUT2D eigenvalue weighted by Gasteiger charge is 2.11. The lowest BCUT2D eigenvalue weighted by molar-refractivity contribution is -0.117. The summed E-state index contributed by atoms with van der Waals surface area (Å²) in [6.07, 6.45) is 4.52. The number of nitrogens with one attached hydrogen (secondary N) is 1. The van der Waals surface area contributed by atoms with Crippen molar-refractivity contribution in [3.63, 3.8) is 0 Å². The molecule has 0 fully saturated rings. The maximum atomic E-state index is 11.6. The summed E-state index contributed by atoms with van der Waals surface area (Å²) < 4.78 is 10.4. The summed E-state index contributed by atoms with van der Waals surface area (Å²) in [5.74, 6) is 0.477. The van der Waals surface area contributed by atoms with Crippen LogP contribution >= 0.6 is 11.3 Å². The van der Waals surface area contributed by atoms with Gasteiger partial charge in [0, 0.05) is 19.7 Å². The number of carbonyl (C=O) groups is 1. The number of rotatable bonds is 6. The molecule has 1 N–H and O–H groups in total. The van der Waals surface area contributed by atoms with E-state index in [2.05, 4.69) is 5.32 Å². The first-order valence-electron chi connectivity index (χ1n) is 5.84. The number of hydrogen-bond acceptors (Lipinski definition) is 4. The molecule has 2 aromatic heterocycles. The lowest BCUT2D eigenvalue weighted by Gasteiger charge is -2.14. The Morgan fingerprint density at radius 2 is 2.47 bits per heavy atom. The standard InChI is InChI=1S/C14H15NO3S/c1-17-13(11-6-8-19-10-11)9-15-14(16)5-4-12-3-2-7-18-12/h2-8,10,13H,9H2,1H3,(H,15,16)/b5-4+/t13-/m1/s1. The summed E-state index contributed by atoms with van der Waals surface area (Å²) >= 11 is 1.61. The lowest BCUT2D eigenvalue weighted by atomic mass is 10.2. The SMILES string of the molecule is CO[C@H](CNC(=O)/C=C/c1ccco1)c1ccsc1. The third kappa shape index (κ3) is 4.08. The molecule has 2 aromatic rings. The lowest BCUT2D eigenvalue weighted by Crippen LogP contribution is -2.27. The quantitative estimate of drug-likeness (QED) is 0.826. The normalized spacial score (nSPS) is 12.7. The Morgan fingerprint density at radius 1 is 1.58 bits per heavy atom. The Morgan fingerprint density at radius 3 is 3.11 bits per heavy atom. The Kier molecular flexibility index (Phi) is 4.94. The number of furan rings is 1. The largest absolute Gasteiger partial charge is 0.465 e. The van der Waals surface area contributed by atoms with Gasteiger partial charge < -0.3 is 14.5 Å². The van der Waals surface area contributed by atoms with Gasteiger partial charge in [-0.25, -0.2) is 0 Å². The topological polar surface area (TPSA) is 51.5 Å². The second-order valence-corrected chi connectivity index (χ2v) is 4.65. The molecule has 0 unspecified atom stereocenters. The molecule has 4 nitrogen and oxygen atoms in total. The maximum absolute atomic E-state index is 11.6. The average Bonchev–Trinajstić information content (AvgIpc) is 3.10. The van der Waals surface area contributed by atoms with Gasteiger partial charge in [0.1, 0.15) is 11.9 Å². The van der Waals surface area contributed by atoms with Gasteiger partial charge in [-0.2, -0.15) is 11.3 Å². The number of carbonyl (C=O) groups excluding carboxylic acids is 1. The van der Waals surface area contributed by atoms with Crippen molar-refractivity contribution in [1.82, 2.24) is 5.32 Å². The zero-order chi connectivity index (χ0) is 13.5. The van der Waals surface area contributed by atoms with Crippen LogP contribution < -0.4 is 5.32 Å². The molecule has 0 aromatic carbocycles. The van der Waals surface area contributed by atoms with Crippen LogP contribution in [-0.2, 0) is 9.53 Å². The number of methoxy groups -OCH3 is 1. The first-order valence-corrected chi connectivity index (χ1v) is 6.78. The number of amides is 1. The van der Waals surface area contributed by atoms with Gasteiger partial charge in [0.2, 0.25) is 5.91 Å². The summed E-state index contributed by atoms with van der Waals surface area (Å²) in [6, 6.07) is 5.55. The van der Waals surface area contributed by atoms with Crippen LogP contribution in [0.3, 0.4) is 0 Å². The molecule has 0 aliphatic rings. The fraction of sp³-hybridized carbons (Fsp3) is 0.214. The van der Waals surface area contributed by atoms with Crippen LogP contribution in [0.25, 0.3) is 6.08 Å². The number of thiophene rings is 1. The molecule has 5 heteroatoms. The van der Waals surface area contributed by atoms with Crippen molar-refractivity contribution in [2.45, 2.75) is 6.10 Å². The van der Waals surface area contributed by atoms with Crippen LogP contribution in [0.1, 0.15) is 17.4 Å². The zero-order valence-corrected chi connectivity index (χ0v) is 11.4. The molecule has 2 rings (SSSR count). The van der Waals surface area contributed by atoms with Crippen molar-refractivity contribution < 1.29 is 13.9 Å². The molecule has 2 heterocycles. The van der Waals surface area contributed by atoms with Gasteiger partial charge in [-0.1, -0.05) is 0 Å². The highest BCUT2D eigenvalue weighted by Crippen LogP contribution is 2.18. The summed E-state index contributed by atoms with van der Waals surface area (Å²) in [7, 11) is 1.63. The van der Waals surface area contributed by atoms with E-state index < -0.39 is 0 Å². The van der Waals surface area contributed by atoms with Crippen LogP contribution in [0, 0.1) is 0 Å². The molecule has 0 radical (unpaired) electrons. The van der Waals surface area contributed by atoms with E-state index in [0.29, 0.717) is 12.3 Å². The van der Waals surface area contributed by atoms with Gasteiger partial charge in [-0.05, 0) is 40.6 Å². The van der Waals surface area contributed by atoms with E-state index in [1.807, 2.05) is 16.8 Å². The highest BCUT2D eigenvalue weighted by molar-refractivity contribution is 7.07. The van der Waals surface area contributed by atoms with Crippen LogP contribution in [-0.4, -0.2) is 19.6 Å². The molecule has 100 valence electrons. The Bertz CT molecular complexity index is 517. The molecule has 0 bridgehead atoms. The summed E-state index contributed by atoms with van der Waals surface area (Å²) in [5, 5.41) is 6.80. The molecule has 0 aliphatic carbocycles. The van der Waals surface area contributed by atoms with E-state index >= 15 is 0 Å². The molecule has 0 spiro atoms. The molecule has 1 atom stereocenters. The second kappa shape index (κ2) is 6.92. The van der Waals surface area contributed by atoms with Gasteiger partial charge >= 0.3 is 0 Å². The number of hydrogen-bond donors (Lipinski definition) is 1. The fourth-order valence-electron chi connectivity index (χ4n) is 1.59. The maximum Gasteiger partial charge on any atom is 0.244 e. The van der Waals surface area contributed by atoms with Crippen molar-refractivity contribution in [1.29, 1.82) is 0 Å². The van der Waals surface area contributed by atoms with Gasteiger partial charge in [-0.3, -0.25) is 4.79 Å². The summed E-state index contributed by atoms with van der Waals surface area (Å²) in [4.78, 5) is 11.6. The van der Waals surface area contributed by atoms with Crippen LogP contribution in [0.2, 0.25) is 0 Å². The Labute approximate surface area is 115 Å². The molecule has 0 saturated heterocycles. The highest BCUT2D eigenvalue weighted by atomic mass is 32.1. The number of ether oxygens (including phenoxy) is 1. The van der Waals surface area contributed by atoms with E-state index in [0.717, 1.165) is 5.56 Å². The monoisotopic (exact) mass is 277 g/mol. The van der Waals surface area contributed by atoms with E-state index in [9.17, 15) is 4.79 Å². The minimum atomic E-state index is -0.173. The van der Waals surface area contributed by atoms with Crippen molar-refractivity contribution >= 4 is 23.3 Å². The predicted octanol–water partition coefficient (Wildman–Crippen LogP) is 2.86. The predicted molar refractivity (Wildman–Crippen MR) is 74.8 cm³/mol. The van der Waals surface area contributed by atoms with E-state index in [1.165, 1.54) is 6.08 Å². The van der Waals surface area contributed by atoms with Crippen LogP contribution in [0.4, 0.5) is 0 Å². The summed E-state index contributed by atoms with van der Waals surface area (Å²) in [6.45, 7) is 0.439. The Balaban J connectivity index is 1.82. The zero-order valence-electron chi connectivity index (χ0n) is 10.5.